The maximum absolute atomic E-state index is 4.10. The van der Waals surface area contributed by atoms with Crippen LogP contribution in [0.5, 0.6) is 0 Å². The van der Waals surface area contributed by atoms with Crippen molar-refractivity contribution in [2.75, 3.05) is 0 Å². The molecular weight excluding hydrogens is 206 g/mol. The Morgan fingerprint density at radius 3 is 3.07 bits per heavy atom. The zero-order valence-corrected chi connectivity index (χ0v) is 9.77. The first-order chi connectivity index (χ1) is 7.27. The maximum atomic E-state index is 4.10. The summed E-state index contributed by atoms with van der Waals surface area (Å²) >= 11 is 1.70. The fourth-order valence-corrected chi connectivity index (χ4v) is 2.06. The van der Waals surface area contributed by atoms with E-state index in [-0.39, 0.29) is 0 Å². The molecule has 0 spiro atoms. The number of H-pyrrole nitrogens is 1. The molecule has 2 aromatic heterocycles. The van der Waals surface area contributed by atoms with E-state index in [4.69, 9.17) is 0 Å². The fraction of sp³-hybridized carbons (Fsp3) is 0.364. The van der Waals surface area contributed by atoms with Gasteiger partial charge in [0.15, 0.2) is 0 Å². The Hall–Kier alpha value is -1.13. The first kappa shape index (κ1) is 10.4. The summed E-state index contributed by atoms with van der Waals surface area (Å²) in [5, 5.41) is 14.7. The molecule has 0 aromatic carbocycles. The molecule has 0 bridgehead atoms. The van der Waals surface area contributed by atoms with Gasteiger partial charge in [-0.2, -0.15) is 16.4 Å². The highest BCUT2D eigenvalue weighted by atomic mass is 32.1. The van der Waals surface area contributed by atoms with Crippen molar-refractivity contribution in [3.8, 4) is 11.3 Å². The normalized spacial score (nSPS) is 11.1. The van der Waals surface area contributed by atoms with E-state index < -0.39 is 0 Å². The Morgan fingerprint density at radius 1 is 1.53 bits per heavy atom. The minimum atomic E-state index is 0.496. The van der Waals surface area contributed by atoms with Crippen molar-refractivity contribution < 1.29 is 0 Å². The van der Waals surface area contributed by atoms with Gasteiger partial charge in [0.05, 0.1) is 11.9 Å². The van der Waals surface area contributed by atoms with Gasteiger partial charge in [-0.3, -0.25) is 5.10 Å². The minimum Gasteiger partial charge on any atom is -0.310 e. The largest absolute Gasteiger partial charge is 0.310 e. The van der Waals surface area contributed by atoms with E-state index in [1.54, 1.807) is 11.3 Å². The summed E-state index contributed by atoms with van der Waals surface area (Å²) in [5.41, 5.74) is 3.57. The van der Waals surface area contributed by atoms with Crippen LogP contribution in [0.25, 0.3) is 11.3 Å². The SMILES string of the molecule is CC(C)NCc1cn[nH]c1-c1ccsc1. The zero-order chi connectivity index (χ0) is 10.7. The van der Waals surface area contributed by atoms with Gasteiger partial charge in [-0.15, -0.1) is 0 Å². The van der Waals surface area contributed by atoms with Crippen molar-refractivity contribution in [1.82, 2.24) is 15.5 Å². The van der Waals surface area contributed by atoms with E-state index in [2.05, 4.69) is 46.2 Å². The molecule has 0 aliphatic carbocycles. The number of aromatic amines is 1. The Bertz CT molecular complexity index is 403. The summed E-state index contributed by atoms with van der Waals surface area (Å²) in [6.07, 6.45) is 1.89. The quantitative estimate of drug-likeness (QED) is 0.833. The van der Waals surface area contributed by atoms with Crippen LogP contribution in [0.1, 0.15) is 19.4 Å². The summed E-state index contributed by atoms with van der Waals surface area (Å²) in [6.45, 7) is 5.15. The van der Waals surface area contributed by atoms with Gasteiger partial charge in [-0.05, 0) is 11.4 Å². The Balaban J connectivity index is 2.16. The van der Waals surface area contributed by atoms with Crippen molar-refractivity contribution >= 4 is 11.3 Å². The van der Waals surface area contributed by atoms with Crippen LogP contribution in [0, 0.1) is 0 Å². The first-order valence-corrected chi connectivity index (χ1v) is 6.00. The molecule has 0 unspecified atom stereocenters. The second-order valence-electron chi connectivity index (χ2n) is 3.82. The van der Waals surface area contributed by atoms with Crippen LogP contribution in [0.3, 0.4) is 0 Å². The molecule has 0 saturated heterocycles. The van der Waals surface area contributed by atoms with Crippen LogP contribution in [0.15, 0.2) is 23.0 Å². The van der Waals surface area contributed by atoms with Crippen LogP contribution < -0.4 is 5.32 Å². The number of hydrogen-bond donors (Lipinski definition) is 2. The van der Waals surface area contributed by atoms with E-state index >= 15 is 0 Å². The number of hydrogen-bond acceptors (Lipinski definition) is 3. The highest BCUT2D eigenvalue weighted by Crippen LogP contribution is 2.23. The average molecular weight is 221 g/mol. The van der Waals surface area contributed by atoms with Gasteiger partial charge < -0.3 is 5.32 Å². The van der Waals surface area contributed by atoms with E-state index in [1.165, 1.54) is 11.1 Å². The molecule has 0 atom stereocenters. The standard InChI is InChI=1S/C11H15N3S/c1-8(2)12-5-10-6-13-14-11(10)9-3-4-15-7-9/h3-4,6-8,12H,5H2,1-2H3,(H,13,14). The van der Waals surface area contributed by atoms with Gasteiger partial charge >= 0.3 is 0 Å². The Morgan fingerprint density at radius 2 is 2.40 bits per heavy atom. The van der Waals surface area contributed by atoms with Crippen LogP contribution in [0.2, 0.25) is 0 Å². The van der Waals surface area contributed by atoms with Crippen LogP contribution in [-0.4, -0.2) is 16.2 Å². The monoisotopic (exact) mass is 221 g/mol. The minimum absolute atomic E-state index is 0.496. The maximum Gasteiger partial charge on any atom is 0.0703 e. The summed E-state index contributed by atoms with van der Waals surface area (Å²) in [5.74, 6) is 0. The van der Waals surface area contributed by atoms with Gasteiger partial charge in [-0.1, -0.05) is 13.8 Å². The third-order valence-corrected chi connectivity index (χ3v) is 2.91. The van der Waals surface area contributed by atoms with E-state index in [1.807, 2.05) is 6.20 Å². The molecule has 0 aliphatic rings. The summed E-state index contributed by atoms with van der Waals surface area (Å²) in [7, 11) is 0. The molecule has 0 aliphatic heterocycles. The van der Waals surface area contributed by atoms with Crippen molar-refractivity contribution in [2.45, 2.75) is 26.4 Å². The molecule has 2 aromatic rings. The van der Waals surface area contributed by atoms with Gasteiger partial charge in [0.1, 0.15) is 0 Å². The average Bonchev–Trinajstić information content (AvgIpc) is 2.85. The van der Waals surface area contributed by atoms with Crippen molar-refractivity contribution in [2.24, 2.45) is 0 Å². The molecular formula is C11H15N3S. The third-order valence-electron chi connectivity index (χ3n) is 2.23. The molecule has 2 N–H and O–H groups in total. The van der Waals surface area contributed by atoms with Crippen LogP contribution in [-0.2, 0) is 6.54 Å². The second kappa shape index (κ2) is 4.59. The van der Waals surface area contributed by atoms with Gasteiger partial charge in [0, 0.05) is 29.1 Å². The number of nitrogens with one attached hydrogen (secondary N) is 2. The number of thiophene rings is 1. The lowest BCUT2D eigenvalue weighted by Crippen LogP contribution is -2.21. The predicted molar refractivity (Wildman–Crippen MR) is 63.9 cm³/mol. The number of aromatic nitrogens is 2. The van der Waals surface area contributed by atoms with Crippen molar-refractivity contribution in [1.29, 1.82) is 0 Å². The number of nitrogens with zero attached hydrogens (tertiary/aromatic N) is 1. The smallest absolute Gasteiger partial charge is 0.0703 e. The van der Waals surface area contributed by atoms with Crippen molar-refractivity contribution in [3.63, 3.8) is 0 Å². The van der Waals surface area contributed by atoms with Gasteiger partial charge in [-0.25, -0.2) is 0 Å². The Labute approximate surface area is 93.5 Å². The second-order valence-corrected chi connectivity index (χ2v) is 4.60. The lowest BCUT2D eigenvalue weighted by Gasteiger charge is -2.07. The molecule has 0 amide bonds. The van der Waals surface area contributed by atoms with E-state index in [0.29, 0.717) is 6.04 Å². The fourth-order valence-electron chi connectivity index (χ4n) is 1.42. The van der Waals surface area contributed by atoms with Crippen molar-refractivity contribution in [3.05, 3.63) is 28.6 Å². The van der Waals surface area contributed by atoms with Gasteiger partial charge in [0.2, 0.25) is 0 Å². The highest BCUT2D eigenvalue weighted by Gasteiger charge is 2.07. The first-order valence-electron chi connectivity index (χ1n) is 5.05. The molecule has 0 radical (unpaired) electrons. The van der Waals surface area contributed by atoms with Crippen LogP contribution in [0.4, 0.5) is 0 Å². The molecule has 0 saturated carbocycles. The molecule has 80 valence electrons. The highest BCUT2D eigenvalue weighted by molar-refractivity contribution is 7.08. The molecule has 3 nitrogen and oxygen atoms in total. The van der Waals surface area contributed by atoms with Crippen LogP contribution >= 0.6 is 11.3 Å². The molecule has 4 heteroatoms. The molecule has 15 heavy (non-hydrogen) atoms. The topological polar surface area (TPSA) is 40.7 Å². The number of rotatable bonds is 4. The summed E-state index contributed by atoms with van der Waals surface area (Å²) < 4.78 is 0. The lowest BCUT2D eigenvalue weighted by molar-refractivity contribution is 0.589. The third kappa shape index (κ3) is 2.46. The molecule has 2 rings (SSSR count). The summed E-state index contributed by atoms with van der Waals surface area (Å²) in [4.78, 5) is 0. The van der Waals surface area contributed by atoms with E-state index in [0.717, 1.165) is 12.2 Å². The molecule has 0 fully saturated rings. The molecule has 2 heterocycles. The van der Waals surface area contributed by atoms with Gasteiger partial charge in [0.25, 0.3) is 0 Å². The summed E-state index contributed by atoms with van der Waals surface area (Å²) in [6, 6.07) is 2.60. The zero-order valence-electron chi connectivity index (χ0n) is 8.95. The lowest BCUT2D eigenvalue weighted by atomic mass is 10.1. The predicted octanol–water partition coefficient (Wildman–Crippen LogP) is 2.64. The van der Waals surface area contributed by atoms with E-state index in [9.17, 15) is 0 Å². The Kier molecular flexibility index (Phi) is 3.18.